The zero-order valence-electron chi connectivity index (χ0n) is 18.6. The molecule has 31 heavy (non-hydrogen) atoms. The zero-order chi connectivity index (χ0) is 22.8. The monoisotopic (exact) mass is 446 g/mol. The maximum absolute atomic E-state index is 13.2. The summed E-state index contributed by atoms with van der Waals surface area (Å²) < 4.78 is 10.9. The van der Waals surface area contributed by atoms with Gasteiger partial charge in [-0.1, -0.05) is 43.6 Å². The number of amides is 2. The van der Waals surface area contributed by atoms with Crippen LogP contribution in [0.25, 0.3) is 0 Å². The van der Waals surface area contributed by atoms with Gasteiger partial charge in [-0.2, -0.15) is 0 Å². The van der Waals surface area contributed by atoms with Crippen LogP contribution < -0.4 is 14.8 Å². The molecule has 2 rings (SSSR count). The van der Waals surface area contributed by atoms with E-state index < -0.39 is 6.04 Å². The molecule has 0 spiro atoms. The van der Waals surface area contributed by atoms with E-state index in [0.717, 1.165) is 17.7 Å². The second-order valence-corrected chi connectivity index (χ2v) is 7.79. The predicted molar refractivity (Wildman–Crippen MR) is 122 cm³/mol. The molecule has 168 valence electrons. The third-order valence-electron chi connectivity index (χ3n) is 5.06. The Kier molecular flexibility index (Phi) is 9.66. The number of ether oxygens (including phenoxy) is 2. The van der Waals surface area contributed by atoms with E-state index in [1.54, 1.807) is 36.3 Å². The van der Waals surface area contributed by atoms with E-state index in [1.807, 2.05) is 45.0 Å². The summed E-state index contributed by atoms with van der Waals surface area (Å²) in [7, 11) is 1.60. The molecule has 2 aromatic carbocycles. The van der Waals surface area contributed by atoms with Crippen LogP contribution in [0.2, 0.25) is 5.02 Å². The van der Waals surface area contributed by atoms with Gasteiger partial charge in [-0.05, 0) is 55.7 Å². The molecule has 0 saturated heterocycles. The highest BCUT2D eigenvalue weighted by Crippen LogP contribution is 2.19. The molecular weight excluding hydrogens is 416 g/mol. The van der Waals surface area contributed by atoms with E-state index in [1.165, 1.54) is 0 Å². The summed E-state index contributed by atoms with van der Waals surface area (Å²) in [5.41, 5.74) is 0.895. The summed E-state index contributed by atoms with van der Waals surface area (Å²) in [4.78, 5) is 27.6. The Labute approximate surface area is 189 Å². The molecular formula is C24H31ClN2O4. The molecule has 0 aliphatic heterocycles. The van der Waals surface area contributed by atoms with Gasteiger partial charge in [0.05, 0.1) is 7.11 Å². The summed E-state index contributed by atoms with van der Waals surface area (Å²) in [6.45, 7) is 5.94. The van der Waals surface area contributed by atoms with Gasteiger partial charge in [0.2, 0.25) is 5.91 Å². The van der Waals surface area contributed by atoms with Crippen molar-refractivity contribution in [2.45, 2.75) is 52.2 Å². The highest BCUT2D eigenvalue weighted by molar-refractivity contribution is 6.30. The third kappa shape index (κ3) is 7.47. The number of hydrogen-bond acceptors (Lipinski definition) is 4. The van der Waals surface area contributed by atoms with Gasteiger partial charge in [-0.3, -0.25) is 9.59 Å². The molecule has 0 fully saturated rings. The SMILES string of the molecule is CC[C@@H](C)NC(=O)[C@H](CC)N(Cc1ccc(OC)cc1)C(=O)COc1cccc(Cl)c1. The van der Waals surface area contributed by atoms with Crippen LogP contribution in [-0.4, -0.2) is 42.5 Å². The molecule has 0 radical (unpaired) electrons. The smallest absolute Gasteiger partial charge is 0.261 e. The number of rotatable bonds is 11. The van der Waals surface area contributed by atoms with Gasteiger partial charge >= 0.3 is 0 Å². The number of nitrogens with one attached hydrogen (secondary N) is 1. The van der Waals surface area contributed by atoms with Gasteiger partial charge in [-0.15, -0.1) is 0 Å². The Bertz CT molecular complexity index is 857. The summed E-state index contributed by atoms with van der Waals surface area (Å²) >= 11 is 5.99. The van der Waals surface area contributed by atoms with Crippen molar-refractivity contribution in [3.8, 4) is 11.5 Å². The molecule has 2 aromatic rings. The third-order valence-corrected chi connectivity index (χ3v) is 5.29. The van der Waals surface area contributed by atoms with E-state index in [2.05, 4.69) is 5.32 Å². The van der Waals surface area contributed by atoms with Crippen LogP contribution in [0.15, 0.2) is 48.5 Å². The van der Waals surface area contributed by atoms with Gasteiger partial charge in [0, 0.05) is 17.6 Å². The largest absolute Gasteiger partial charge is 0.497 e. The zero-order valence-corrected chi connectivity index (χ0v) is 19.3. The topological polar surface area (TPSA) is 67.9 Å². The molecule has 0 heterocycles. The lowest BCUT2D eigenvalue weighted by atomic mass is 10.1. The van der Waals surface area contributed by atoms with E-state index in [4.69, 9.17) is 21.1 Å². The van der Waals surface area contributed by atoms with Gasteiger partial charge in [0.1, 0.15) is 17.5 Å². The fraction of sp³-hybridized carbons (Fsp3) is 0.417. The fourth-order valence-corrected chi connectivity index (χ4v) is 3.25. The highest BCUT2D eigenvalue weighted by atomic mass is 35.5. The fourth-order valence-electron chi connectivity index (χ4n) is 3.07. The number of nitrogens with zero attached hydrogens (tertiary/aromatic N) is 1. The molecule has 7 heteroatoms. The molecule has 0 aromatic heterocycles. The van der Waals surface area contributed by atoms with Crippen LogP contribution in [-0.2, 0) is 16.1 Å². The lowest BCUT2D eigenvalue weighted by Crippen LogP contribution is -2.51. The molecule has 1 N–H and O–H groups in total. The minimum absolute atomic E-state index is 0.0298. The predicted octanol–water partition coefficient (Wildman–Crippen LogP) is 4.45. The maximum Gasteiger partial charge on any atom is 0.261 e. The minimum atomic E-state index is -0.605. The second-order valence-electron chi connectivity index (χ2n) is 7.36. The first-order chi connectivity index (χ1) is 14.9. The van der Waals surface area contributed by atoms with Crippen LogP contribution in [0.3, 0.4) is 0 Å². The van der Waals surface area contributed by atoms with E-state index in [0.29, 0.717) is 17.2 Å². The first kappa shape index (κ1) is 24.5. The van der Waals surface area contributed by atoms with E-state index >= 15 is 0 Å². The number of benzene rings is 2. The van der Waals surface area contributed by atoms with Gasteiger partial charge in [-0.25, -0.2) is 0 Å². The van der Waals surface area contributed by atoms with Crippen LogP contribution in [0.5, 0.6) is 11.5 Å². The number of carbonyl (C=O) groups is 2. The number of hydrogen-bond donors (Lipinski definition) is 1. The Balaban J connectivity index is 2.21. The van der Waals surface area contributed by atoms with Crippen LogP contribution in [0, 0.1) is 0 Å². The standard InChI is InChI=1S/C24H31ClN2O4/c1-5-17(3)26-24(29)22(6-2)27(15-18-10-12-20(30-4)13-11-18)23(28)16-31-21-9-7-8-19(25)14-21/h7-14,17,22H,5-6,15-16H2,1-4H3,(H,26,29)/t17-,22+/m1/s1. The van der Waals surface area contributed by atoms with Crippen molar-refractivity contribution in [1.29, 1.82) is 0 Å². The second kappa shape index (κ2) is 12.2. The Morgan fingerprint density at radius 3 is 2.35 bits per heavy atom. The normalized spacial score (nSPS) is 12.5. The number of carbonyl (C=O) groups excluding carboxylic acids is 2. The van der Waals surface area contributed by atoms with Crippen molar-refractivity contribution in [2.24, 2.45) is 0 Å². The molecule has 0 saturated carbocycles. The van der Waals surface area contributed by atoms with Crippen molar-refractivity contribution in [3.63, 3.8) is 0 Å². The van der Waals surface area contributed by atoms with E-state index in [9.17, 15) is 9.59 Å². The van der Waals surface area contributed by atoms with Gasteiger partial charge in [0.15, 0.2) is 6.61 Å². The summed E-state index contributed by atoms with van der Waals surface area (Å²) in [5.74, 6) is 0.790. The summed E-state index contributed by atoms with van der Waals surface area (Å²) in [6, 6.07) is 13.7. The molecule has 2 atom stereocenters. The average Bonchev–Trinajstić information content (AvgIpc) is 2.77. The quantitative estimate of drug-likeness (QED) is 0.553. The Morgan fingerprint density at radius 2 is 1.77 bits per heavy atom. The summed E-state index contributed by atoms with van der Waals surface area (Å²) in [6.07, 6.45) is 1.30. The average molecular weight is 447 g/mol. The van der Waals surface area contributed by atoms with Crippen LogP contribution in [0.1, 0.15) is 39.2 Å². The van der Waals surface area contributed by atoms with Crippen molar-refractivity contribution >= 4 is 23.4 Å². The number of methoxy groups -OCH3 is 1. The van der Waals surface area contributed by atoms with Gasteiger partial charge in [0.25, 0.3) is 5.91 Å². The molecule has 0 aliphatic carbocycles. The lowest BCUT2D eigenvalue weighted by Gasteiger charge is -2.31. The van der Waals surface area contributed by atoms with Crippen molar-refractivity contribution in [2.75, 3.05) is 13.7 Å². The first-order valence-corrected chi connectivity index (χ1v) is 10.9. The maximum atomic E-state index is 13.2. The van der Waals surface area contributed by atoms with Crippen LogP contribution in [0.4, 0.5) is 0 Å². The van der Waals surface area contributed by atoms with Gasteiger partial charge < -0.3 is 19.7 Å². The summed E-state index contributed by atoms with van der Waals surface area (Å²) in [5, 5.41) is 3.52. The lowest BCUT2D eigenvalue weighted by molar-refractivity contribution is -0.143. The molecule has 0 aliphatic rings. The molecule has 2 amide bonds. The first-order valence-electron chi connectivity index (χ1n) is 10.5. The number of halogens is 1. The van der Waals surface area contributed by atoms with E-state index in [-0.39, 0.29) is 31.0 Å². The van der Waals surface area contributed by atoms with Crippen molar-refractivity contribution < 1.29 is 19.1 Å². The minimum Gasteiger partial charge on any atom is -0.497 e. The highest BCUT2D eigenvalue weighted by Gasteiger charge is 2.29. The van der Waals surface area contributed by atoms with Crippen molar-refractivity contribution in [1.82, 2.24) is 10.2 Å². The molecule has 6 nitrogen and oxygen atoms in total. The van der Waals surface area contributed by atoms with Crippen molar-refractivity contribution in [3.05, 3.63) is 59.1 Å². The Hall–Kier alpha value is -2.73. The van der Waals surface area contributed by atoms with Crippen LogP contribution >= 0.6 is 11.6 Å². The Morgan fingerprint density at radius 1 is 1.06 bits per heavy atom. The molecule has 0 unspecified atom stereocenters. The molecule has 0 bridgehead atoms.